The molecular weight excluding hydrogens is 392 g/mol. The monoisotopic (exact) mass is 414 g/mol. The third-order valence-electron chi connectivity index (χ3n) is 5.40. The highest BCUT2D eigenvalue weighted by Crippen LogP contribution is 2.33. The van der Waals surface area contributed by atoms with Gasteiger partial charge in [-0.25, -0.2) is 8.42 Å². The van der Waals surface area contributed by atoms with Gasteiger partial charge < -0.3 is 9.47 Å². The predicted molar refractivity (Wildman–Crippen MR) is 116 cm³/mol. The first-order valence-electron chi connectivity index (χ1n) is 9.22. The zero-order valence-electron chi connectivity index (χ0n) is 16.2. The van der Waals surface area contributed by atoms with E-state index in [1.807, 2.05) is 18.2 Å². The number of nitrogens with zero attached hydrogens (tertiary/aromatic N) is 2. The van der Waals surface area contributed by atoms with E-state index in [1.165, 1.54) is 22.9 Å². The summed E-state index contributed by atoms with van der Waals surface area (Å²) in [5.74, 6) is 0. The van der Waals surface area contributed by atoms with Crippen molar-refractivity contribution in [2.24, 2.45) is 0 Å². The fraction of sp³-hybridized carbons (Fsp3) is 0.273. The molecule has 0 bridgehead atoms. The lowest BCUT2D eigenvalue weighted by molar-refractivity contribution is 0.312. The number of fused-ring (bicyclic) bond motifs is 3. The molecule has 0 saturated carbocycles. The number of hydrogen-bond acceptors (Lipinski definition) is 3. The molecule has 4 nitrogen and oxygen atoms in total. The van der Waals surface area contributed by atoms with Crippen LogP contribution in [0.3, 0.4) is 0 Å². The van der Waals surface area contributed by atoms with E-state index in [9.17, 15) is 8.42 Å². The molecule has 0 saturated heterocycles. The van der Waals surface area contributed by atoms with Crippen LogP contribution in [0.15, 0.2) is 47.4 Å². The Morgan fingerprint density at radius 1 is 1.14 bits per heavy atom. The normalized spacial score (nSPS) is 15.8. The van der Waals surface area contributed by atoms with Crippen LogP contribution < -0.4 is 0 Å². The lowest BCUT2D eigenvalue weighted by Gasteiger charge is -2.23. The van der Waals surface area contributed by atoms with E-state index in [0.29, 0.717) is 4.90 Å². The molecule has 0 spiro atoms. The highest BCUT2D eigenvalue weighted by molar-refractivity contribution is 7.90. The van der Waals surface area contributed by atoms with Gasteiger partial charge in [0, 0.05) is 48.1 Å². The molecular formula is C22H23ClN2O2S. The lowest BCUT2D eigenvalue weighted by Crippen LogP contribution is -2.26. The van der Waals surface area contributed by atoms with Crippen molar-refractivity contribution in [3.63, 3.8) is 0 Å². The molecule has 28 heavy (non-hydrogen) atoms. The molecule has 4 rings (SSSR count). The van der Waals surface area contributed by atoms with E-state index in [4.69, 9.17) is 11.6 Å². The van der Waals surface area contributed by atoms with Crippen molar-refractivity contribution in [3.8, 4) is 0 Å². The molecule has 0 fully saturated rings. The van der Waals surface area contributed by atoms with Crippen molar-refractivity contribution in [2.45, 2.75) is 24.8 Å². The van der Waals surface area contributed by atoms with Crippen LogP contribution in [-0.2, 0) is 22.8 Å². The Morgan fingerprint density at radius 2 is 1.86 bits per heavy atom. The summed E-state index contributed by atoms with van der Waals surface area (Å²) >= 11 is 6.27. The molecule has 3 aromatic rings. The van der Waals surface area contributed by atoms with Gasteiger partial charge in [0.1, 0.15) is 0 Å². The molecule has 0 aliphatic carbocycles. The SMILES string of the molecule is CC(=Cn1c2c(c3cc(Cl)ccc31)CN(C)CC2)c1ccc(S(C)(=O)=O)cc1. The summed E-state index contributed by atoms with van der Waals surface area (Å²) in [6.45, 7) is 3.99. The second-order valence-electron chi connectivity index (χ2n) is 7.55. The zero-order valence-corrected chi connectivity index (χ0v) is 17.8. The van der Waals surface area contributed by atoms with Crippen LogP contribution in [0.5, 0.6) is 0 Å². The first kappa shape index (κ1) is 19.2. The van der Waals surface area contributed by atoms with Gasteiger partial charge in [-0.05, 0) is 61.0 Å². The average Bonchev–Trinajstić information content (AvgIpc) is 2.93. The highest BCUT2D eigenvalue weighted by atomic mass is 35.5. The van der Waals surface area contributed by atoms with Crippen LogP contribution in [0.2, 0.25) is 5.02 Å². The molecule has 6 heteroatoms. The van der Waals surface area contributed by atoms with Crippen LogP contribution >= 0.6 is 11.6 Å². The molecule has 1 aromatic heterocycles. The number of rotatable bonds is 3. The predicted octanol–water partition coefficient (Wildman–Crippen LogP) is 4.70. The topological polar surface area (TPSA) is 42.3 Å². The average molecular weight is 415 g/mol. The zero-order chi connectivity index (χ0) is 20.1. The van der Waals surface area contributed by atoms with Gasteiger partial charge in [-0.3, -0.25) is 0 Å². The molecule has 1 aliphatic heterocycles. The van der Waals surface area contributed by atoms with Crippen LogP contribution in [0, 0.1) is 0 Å². The van der Waals surface area contributed by atoms with Crippen molar-refractivity contribution in [1.82, 2.24) is 9.47 Å². The van der Waals surface area contributed by atoms with Gasteiger partial charge in [0.15, 0.2) is 9.84 Å². The quantitative estimate of drug-likeness (QED) is 0.623. The standard InChI is InChI=1S/C22H23ClN2O2S/c1-15(16-4-7-18(8-5-16)28(3,26)27)13-25-21-9-6-17(23)12-19(21)20-14-24(2)11-10-22(20)25/h4-9,12-13H,10-11,14H2,1-3H3. The molecule has 2 aromatic carbocycles. The van der Waals surface area contributed by atoms with Crippen LogP contribution in [0.25, 0.3) is 22.7 Å². The van der Waals surface area contributed by atoms with Gasteiger partial charge in [0.25, 0.3) is 0 Å². The fourth-order valence-electron chi connectivity index (χ4n) is 3.88. The van der Waals surface area contributed by atoms with Gasteiger partial charge in [-0.1, -0.05) is 23.7 Å². The van der Waals surface area contributed by atoms with Crippen LogP contribution in [-0.4, -0.2) is 37.7 Å². The van der Waals surface area contributed by atoms with E-state index >= 15 is 0 Å². The van der Waals surface area contributed by atoms with Gasteiger partial charge in [-0.2, -0.15) is 0 Å². The molecule has 0 amide bonds. The Morgan fingerprint density at radius 3 is 2.54 bits per heavy atom. The van der Waals surface area contributed by atoms with Gasteiger partial charge >= 0.3 is 0 Å². The number of aromatic nitrogens is 1. The number of likely N-dealkylation sites (N-methyl/N-ethyl adjacent to an activating group) is 1. The second kappa shape index (κ2) is 7.07. The number of hydrogen-bond donors (Lipinski definition) is 0. The molecule has 2 heterocycles. The van der Waals surface area contributed by atoms with Crippen molar-refractivity contribution < 1.29 is 8.42 Å². The third kappa shape index (κ3) is 3.50. The lowest BCUT2D eigenvalue weighted by atomic mass is 10.1. The summed E-state index contributed by atoms with van der Waals surface area (Å²) in [6, 6.07) is 13.1. The summed E-state index contributed by atoms with van der Waals surface area (Å²) in [5, 5.41) is 1.95. The molecule has 0 atom stereocenters. The smallest absolute Gasteiger partial charge is 0.175 e. The van der Waals surface area contributed by atoms with E-state index in [2.05, 4.69) is 41.8 Å². The summed E-state index contributed by atoms with van der Waals surface area (Å²) < 4.78 is 25.7. The van der Waals surface area contributed by atoms with Crippen molar-refractivity contribution in [1.29, 1.82) is 0 Å². The van der Waals surface area contributed by atoms with E-state index in [0.717, 1.165) is 41.2 Å². The Balaban J connectivity index is 1.83. The summed E-state index contributed by atoms with van der Waals surface area (Å²) in [5.41, 5.74) is 5.89. The Kier molecular flexibility index (Phi) is 4.86. The second-order valence-corrected chi connectivity index (χ2v) is 10.0. The summed E-state index contributed by atoms with van der Waals surface area (Å²) in [6.07, 6.45) is 4.36. The Bertz CT molecular complexity index is 1190. The van der Waals surface area contributed by atoms with Gasteiger partial charge in [0.2, 0.25) is 0 Å². The van der Waals surface area contributed by atoms with Crippen molar-refractivity contribution in [2.75, 3.05) is 19.8 Å². The number of benzene rings is 2. The van der Waals surface area contributed by atoms with Crippen LogP contribution in [0.1, 0.15) is 23.7 Å². The minimum Gasteiger partial charge on any atom is -0.320 e. The maximum Gasteiger partial charge on any atom is 0.175 e. The first-order valence-corrected chi connectivity index (χ1v) is 11.5. The van der Waals surface area contributed by atoms with E-state index in [1.54, 1.807) is 12.1 Å². The maximum atomic E-state index is 11.7. The Hall–Kier alpha value is -2.08. The molecule has 0 N–H and O–H groups in total. The molecule has 1 aliphatic rings. The number of allylic oxidation sites excluding steroid dienone is 1. The molecule has 146 valence electrons. The Labute approximate surface area is 171 Å². The summed E-state index contributed by atoms with van der Waals surface area (Å²) in [7, 11) is -1.05. The minimum atomic E-state index is -3.19. The fourth-order valence-corrected chi connectivity index (χ4v) is 4.68. The summed E-state index contributed by atoms with van der Waals surface area (Å²) in [4.78, 5) is 2.67. The van der Waals surface area contributed by atoms with E-state index < -0.39 is 9.84 Å². The van der Waals surface area contributed by atoms with Crippen molar-refractivity contribution in [3.05, 3.63) is 64.3 Å². The number of halogens is 1. The third-order valence-corrected chi connectivity index (χ3v) is 6.76. The van der Waals surface area contributed by atoms with Gasteiger partial charge in [-0.15, -0.1) is 0 Å². The van der Waals surface area contributed by atoms with Gasteiger partial charge in [0.05, 0.1) is 10.4 Å². The highest BCUT2D eigenvalue weighted by Gasteiger charge is 2.22. The first-order chi connectivity index (χ1) is 13.2. The minimum absolute atomic E-state index is 0.338. The van der Waals surface area contributed by atoms with Crippen LogP contribution in [0.4, 0.5) is 0 Å². The number of sulfone groups is 1. The molecule has 0 unspecified atom stereocenters. The molecule has 0 radical (unpaired) electrons. The van der Waals surface area contributed by atoms with Crippen molar-refractivity contribution >= 4 is 44.1 Å². The largest absolute Gasteiger partial charge is 0.320 e. The van der Waals surface area contributed by atoms with E-state index in [-0.39, 0.29) is 0 Å². The maximum absolute atomic E-state index is 11.7.